The van der Waals surface area contributed by atoms with Crippen molar-refractivity contribution < 1.29 is 0 Å². The van der Waals surface area contributed by atoms with Crippen molar-refractivity contribution in [2.24, 2.45) is 5.41 Å². The van der Waals surface area contributed by atoms with Gasteiger partial charge >= 0.3 is 0 Å². The van der Waals surface area contributed by atoms with Crippen LogP contribution in [0.5, 0.6) is 0 Å². The average molecular weight is 248 g/mol. The molecule has 90 valence electrons. The van der Waals surface area contributed by atoms with Gasteiger partial charge in [0.1, 0.15) is 4.70 Å². The van der Waals surface area contributed by atoms with Crippen LogP contribution in [0.3, 0.4) is 0 Å². The smallest absolute Gasteiger partial charge is 0.266 e. The molecule has 0 aliphatic heterocycles. The van der Waals surface area contributed by atoms with E-state index in [9.17, 15) is 4.79 Å². The molecule has 0 N–H and O–H groups in total. The fourth-order valence-corrected chi connectivity index (χ4v) is 4.15. The Balaban J connectivity index is 2.27. The van der Waals surface area contributed by atoms with Gasteiger partial charge in [0.2, 0.25) is 0 Å². The first-order valence-corrected chi connectivity index (χ1v) is 6.84. The van der Waals surface area contributed by atoms with Gasteiger partial charge < -0.3 is 0 Å². The van der Waals surface area contributed by atoms with Crippen LogP contribution in [0.25, 0.3) is 10.1 Å². The maximum Gasteiger partial charge on any atom is 0.284 e. The molecule has 0 radical (unpaired) electrons. The summed E-state index contributed by atoms with van der Waals surface area (Å²) in [7, 11) is 0. The highest BCUT2D eigenvalue weighted by Gasteiger charge is 2.32. The van der Waals surface area contributed by atoms with Crippen molar-refractivity contribution >= 4 is 21.4 Å². The molecule has 3 rings (SSSR count). The molecule has 0 saturated carbocycles. The number of hydrogen-bond donors (Lipinski definition) is 0. The first-order chi connectivity index (χ1) is 8.02. The van der Waals surface area contributed by atoms with E-state index < -0.39 is 0 Å². The van der Waals surface area contributed by atoms with Crippen LogP contribution >= 0.6 is 11.3 Å². The molecule has 2 aromatic rings. The van der Waals surface area contributed by atoms with Crippen LogP contribution in [0.4, 0.5) is 0 Å². The lowest BCUT2D eigenvalue weighted by Gasteiger charge is -2.15. The number of aryl methyl sites for hydroxylation is 1. The minimum Gasteiger partial charge on any atom is -0.266 e. The second kappa shape index (κ2) is 3.42. The molecule has 2 aromatic heterocycles. The third kappa shape index (κ3) is 1.54. The zero-order valence-electron chi connectivity index (χ0n) is 10.4. The number of thiophene rings is 1. The normalized spacial score (nSPS) is 17.6. The van der Waals surface area contributed by atoms with Crippen LogP contribution < -0.4 is 5.56 Å². The van der Waals surface area contributed by atoms with E-state index in [1.54, 1.807) is 16.0 Å². The fraction of sp³-hybridized carbons (Fsp3) is 0.538. The molecule has 1 aliphatic rings. The Morgan fingerprint density at radius 2 is 2.24 bits per heavy atom. The van der Waals surface area contributed by atoms with Gasteiger partial charge in [0.25, 0.3) is 5.56 Å². The van der Waals surface area contributed by atoms with Crippen molar-refractivity contribution in [2.45, 2.75) is 40.2 Å². The van der Waals surface area contributed by atoms with Crippen molar-refractivity contribution in [1.82, 2.24) is 9.78 Å². The van der Waals surface area contributed by atoms with Crippen LogP contribution in [-0.4, -0.2) is 9.78 Å². The molecule has 3 nitrogen and oxygen atoms in total. The van der Waals surface area contributed by atoms with Crippen LogP contribution in [0.15, 0.2) is 11.0 Å². The lowest BCUT2D eigenvalue weighted by molar-refractivity contribution is 0.394. The lowest BCUT2D eigenvalue weighted by Crippen LogP contribution is -2.21. The number of rotatable bonds is 1. The zero-order valence-corrected chi connectivity index (χ0v) is 11.2. The standard InChI is InChI=1S/C13H16N2OS/c1-4-15-12(16)11-9(7-14-15)8-5-13(2,3)6-10(8)17-11/h7H,4-6H2,1-3H3. The topological polar surface area (TPSA) is 34.9 Å². The molecule has 0 unspecified atom stereocenters. The van der Waals surface area contributed by atoms with Crippen LogP contribution in [0.1, 0.15) is 31.2 Å². The second-order valence-corrected chi connectivity index (χ2v) is 6.64. The summed E-state index contributed by atoms with van der Waals surface area (Å²) in [5.41, 5.74) is 1.78. The SMILES string of the molecule is CCn1ncc2c3c(sc2c1=O)CC(C)(C)C3. The lowest BCUT2D eigenvalue weighted by atomic mass is 9.90. The summed E-state index contributed by atoms with van der Waals surface area (Å²) >= 11 is 1.67. The van der Waals surface area contributed by atoms with Gasteiger partial charge in [-0.15, -0.1) is 11.3 Å². The Morgan fingerprint density at radius 1 is 1.47 bits per heavy atom. The van der Waals surface area contributed by atoms with E-state index in [1.165, 1.54) is 10.4 Å². The molecule has 17 heavy (non-hydrogen) atoms. The first kappa shape index (κ1) is 11.0. The summed E-state index contributed by atoms with van der Waals surface area (Å²) in [6, 6.07) is 0. The molecule has 0 fully saturated rings. The maximum absolute atomic E-state index is 12.1. The molecule has 0 atom stereocenters. The Labute approximate surface area is 104 Å². The summed E-state index contributed by atoms with van der Waals surface area (Å²) in [5.74, 6) is 0. The molecule has 1 aliphatic carbocycles. The molecular formula is C13H16N2OS. The zero-order chi connectivity index (χ0) is 12.2. The Kier molecular flexibility index (Phi) is 2.20. The Morgan fingerprint density at radius 3 is 2.94 bits per heavy atom. The van der Waals surface area contributed by atoms with Gasteiger partial charge in [-0.3, -0.25) is 4.79 Å². The predicted octanol–water partition coefficient (Wildman–Crippen LogP) is 2.60. The molecule has 4 heteroatoms. The third-order valence-electron chi connectivity index (χ3n) is 3.48. The van der Waals surface area contributed by atoms with E-state index in [4.69, 9.17) is 0 Å². The first-order valence-electron chi connectivity index (χ1n) is 6.02. The Hall–Kier alpha value is -1.16. The van der Waals surface area contributed by atoms with Crippen molar-refractivity contribution in [3.8, 4) is 0 Å². The molecule has 0 bridgehead atoms. The number of aromatic nitrogens is 2. The molecule has 0 amide bonds. The highest BCUT2D eigenvalue weighted by atomic mass is 32.1. The van der Waals surface area contributed by atoms with Gasteiger partial charge in [-0.25, -0.2) is 4.68 Å². The summed E-state index contributed by atoms with van der Waals surface area (Å²) in [4.78, 5) is 13.5. The van der Waals surface area contributed by atoms with E-state index in [2.05, 4.69) is 18.9 Å². The quantitative estimate of drug-likeness (QED) is 0.777. The van der Waals surface area contributed by atoms with Crippen LogP contribution in [0.2, 0.25) is 0 Å². The highest BCUT2D eigenvalue weighted by Crippen LogP contribution is 2.43. The van der Waals surface area contributed by atoms with Crippen LogP contribution in [-0.2, 0) is 19.4 Å². The van der Waals surface area contributed by atoms with Crippen molar-refractivity contribution in [3.05, 3.63) is 27.0 Å². The largest absolute Gasteiger partial charge is 0.284 e. The monoisotopic (exact) mass is 248 g/mol. The average Bonchev–Trinajstić information content (AvgIpc) is 2.72. The van der Waals surface area contributed by atoms with Gasteiger partial charge in [0, 0.05) is 16.8 Å². The van der Waals surface area contributed by atoms with Gasteiger partial charge in [0.05, 0.1) is 6.20 Å². The van der Waals surface area contributed by atoms with E-state index >= 15 is 0 Å². The van der Waals surface area contributed by atoms with E-state index in [-0.39, 0.29) is 5.56 Å². The molecular weight excluding hydrogens is 232 g/mol. The number of hydrogen-bond acceptors (Lipinski definition) is 3. The van der Waals surface area contributed by atoms with E-state index in [0.29, 0.717) is 12.0 Å². The van der Waals surface area contributed by atoms with Gasteiger partial charge in [-0.1, -0.05) is 13.8 Å². The minimum atomic E-state index is 0.0715. The second-order valence-electron chi connectivity index (χ2n) is 5.53. The number of nitrogens with zero attached hydrogens (tertiary/aromatic N) is 2. The summed E-state index contributed by atoms with van der Waals surface area (Å²) in [6.07, 6.45) is 4.03. The maximum atomic E-state index is 12.1. The summed E-state index contributed by atoms with van der Waals surface area (Å²) in [5, 5.41) is 5.32. The molecule has 0 saturated heterocycles. The van der Waals surface area contributed by atoms with Crippen molar-refractivity contribution in [1.29, 1.82) is 0 Å². The van der Waals surface area contributed by atoms with E-state index in [0.717, 1.165) is 22.9 Å². The predicted molar refractivity (Wildman–Crippen MR) is 70.7 cm³/mol. The number of fused-ring (bicyclic) bond motifs is 3. The molecule has 0 aromatic carbocycles. The van der Waals surface area contributed by atoms with Gasteiger partial charge in [-0.2, -0.15) is 5.10 Å². The van der Waals surface area contributed by atoms with E-state index in [1.807, 2.05) is 13.1 Å². The van der Waals surface area contributed by atoms with Gasteiger partial charge in [-0.05, 0) is 30.7 Å². The van der Waals surface area contributed by atoms with Crippen LogP contribution in [0, 0.1) is 5.41 Å². The third-order valence-corrected chi connectivity index (χ3v) is 4.72. The van der Waals surface area contributed by atoms with Crippen molar-refractivity contribution in [3.63, 3.8) is 0 Å². The highest BCUT2D eigenvalue weighted by molar-refractivity contribution is 7.19. The fourth-order valence-electron chi connectivity index (χ4n) is 2.66. The summed E-state index contributed by atoms with van der Waals surface area (Å²) < 4.78 is 2.43. The molecule has 2 heterocycles. The molecule has 0 spiro atoms. The summed E-state index contributed by atoms with van der Waals surface area (Å²) in [6.45, 7) is 7.16. The Bertz CT molecular complexity index is 651. The minimum absolute atomic E-state index is 0.0715. The van der Waals surface area contributed by atoms with Gasteiger partial charge in [0.15, 0.2) is 0 Å². The van der Waals surface area contributed by atoms with Crippen molar-refractivity contribution in [2.75, 3.05) is 0 Å².